The van der Waals surface area contributed by atoms with Gasteiger partial charge in [-0.3, -0.25) is 0 Å². The molecule has 0 aromatic heterocycles. The summed E-state index contributed by atoms with van der Waals surface area (Å²) in [6.45, 7) is 3.70. The van der Waals surface area contributed by atoms with Crippen LogP contribution in [0.15, 0.2) is 16.6 Å². The molecule has 0 aliphatic carbocycles. The average Bonchev–Trinajstić information content (AvgIpc) is 1.99. The maximum absolute atomic E-state index is 13.4. The van der Waals surface area contributed by atoms with Gasteiger partial charge in [-0.05, 0) is 26.0 Å². The van der Waals surface area contributed by atoms with E-state index in [1.54, 1.807) is 6.07 Å². The normalized spacial score (nSPS) is 10.5. The van der Waals surface area contributed by atoms with Gasteiger partial charge in [0.25, 0.3) is 0 Å². The largest absolute Gasteiger partial charge is 0.478 e. The fraction of sp³-hybridized carbons (Fsp3) is 0.300. The first-order valence-electron chi connectivity index (χ1n) is 4.40. The van der Waals surface area contributed by atoms with Gasteiger partial charge >= 0.3 is 5.97 Å². The van der Waals surface area contributed by atoms with Crippen LogP contribution in [0, 0.1) is 5.82 Å². The molecule has 1 aromatic rings. The van der Waals surface area contributed by atoms with Crippen molar-refractivity contribution in [1.29, 1.82) is 0 Å². The Labute approximate surface area is 95.4 Å². The Morgan fingerprint density at radius 2 is 2.13 bits per heavy atom. The highest BCUT2D eigenvalue weighted by Gasteiger charge is 2.17. The smallest absolute Gasteiger partial charge is 0.340 e. The third kappa shape index (κ3) is 2.92. The van der Waals surface area contributed by atoms with E-state index in [2.05, 4.69) is 21.2 Å². The molecule has 0 amide bonds. The van der Waals surface area contributed by atoms with Crippen molar-refractivity contribution in [2.75, 3.05) is 5.32 Å². The predicted octanol–water partition coefficient (Wildman–Crippen LogP) is 3.11. The lowest BCUT2D eigenvalue weighted by Crippen LogP contribution is -2.14. The van der Waals surface area contributed by atoms with Crippen LogP contribution in [-0.4, -0.2) is 17.1 Å². The molecule has 0 aliphatic heterocycles. The summed E-state index contributed by atoms with van der Waals surface area (Å²) in [6, 6.07) is 2.72. The minimum Gasteiger partial charge on any atom is -0.478 e. The number of halogens is 2. The lowest BCUT2D eigenvalue weighted by molar-refractivity contribution is 0.0693. The molecular weight excluding hydrogens is 265 g/mol. The Balaban J connectivity index is 3.27. The van der Waals surface area contributed by atoms with Crippen molar-refractivity contribution in [3.8, 4) is 0 Å². The molecule has 0 spiro atoms. The number of benzene rings is 1. The standard InChI is InChI=1S/C10H11BrFNO2/c1-5(2)13-8-4-6(11)3-7(12)9(8)10(14)15/h3-5,13H,1-2H3,(H,14,15). The summed E-state index contributed by atoms with van der Waals surface area (Å²) in [7, 11) is 0. The first kappa shape index (κ1) is 12.0. The molecule has 0 bridgehead atoms. The minimum absolute atomic E-state index is 0.0387. The van der Waals surface area contributed by atoms with E-state index >= 15 is 0 Å². The molecule has 0 aliphatic rings. The number of rotatable bonds is 3. The van der Waals surface area contributed by atoms with Crippen molar-refractivity contribution >= 4 is 27.6 Å². The van der Waals surface area contributed by atoms with Crippen molar-refractivity contribution in [2.45, 2.75) is 19.9 Å². The summed E-state index contributed by atoms with van der Waals surface area (Å²) in [5, 5.41) is 11.7. The molecule has 82 valence electrons. The highest BCUT2D eigenvalue weighted by Crippen LogP contribution is 2.25. The summed E-state index contributed by atoms with van der Waals surface area (Å²) >= 11 is 3.11. The Hall–Kier alpha value is -1.10. The van der Waals surface area contributed by atoms with Crippen molar-refractivity contribution < 1.29 is 14.3 Å². The van der Waals surface area contributed by atoms with Gasteiger partial charge in [0, 0.05) is 10.5 Å². The molecule has 0 heterocycles. The van der Waals surface area contributed by atoms with E-state index in [0.717, 1.165) is 6.07 Å². The van der Waals surface area contributed by atoms with Crippen LogP contribution in [0.3, 0.4) is 0 Å². The third-order valence-corrected chi connectivity index (χ3v) is 2.17. The van der Waals surface area contributed by atoms with Crippen LogP contribution in [0.4, 0.5) is 10.1 Å². The number of nitrogens with one attached hydrogen (secondary N) is 1. The van der Waals surface area contributed by atoms with Crippen molar-refractivity contribution in [1.82, 2.24) is 0 Å². The highest BCUT2D eigenvalue weighted by molar-refractivity contribution is 9.10. The summed E-state index contributed by atoms with van der Waals surface area (Å²) < 4.78 is 13.9. The highest BCUT2D eigenvalue weighted by atomic mass is 79.9. The van der Waals surface area contributed by atoms with Crippen LogP contribution < -0.4 is 5.32 Å². The van der Waals surface area contributed by atoms with Crippen LogP contribution in [0.1, 0.15) is 24.2 Å². The molecule has 3 nitrogen and oxygen atoms in total. The van der Waals surface area contributed by atoms with Gasteiger partial charge in [0.1, 0.15) is 11.4 Å². The van der Waals surface area contributed by atoms with Crippen molar-refractivity contribution in [3.63, 3.8) is 0 Å². The average molecular weight is 276 g/mol. The second kappa shape index (κ2) is 4.61. The molecular formula is C10H11BrFNO2. The van der Waals surface area contributed by atoms with E-state index < -0.39 is 11.8 Å². The van der Waals surface area contributed by atoms with Crippen LogP contribution in [0.5, 0.6) is 0 Å². The molecule has 5 heteroatoms. The van der Waals surface area contributed by atoms with Crippen molar-refractivity contribution in [2.24, 2.45) is 0 Å². The fourth-order valence-electron chi connectivity index (χ4n) is 1.22. The molecule has 0 saturated heterocycles. The van der Waals surface area contributed by atoms with E-state index in [4.69, 9.17) is 5.11 Å². The van der Waals surface area contributed by atoms with Gasteiger partial charge in [-0.25, -0.2) is 9.18 Å². The SMILES string of the molecule is CC(C)Nc1cc(Br)cc(F)c1C(=O)O. The number of anilines is 1. The third-order valence-electron chi connectivity index (χ3n) is 1.71. The Morgan fingerprint density at radius 1 is 1.53 bits per heavy atom. The van der Waals surface area contributed by atoms with Gasteiger partial charge < -0.3 is 10.4 Å². The van der Waals surface area contributed by atoms with E-state index in [1.165, 1.54) is 0 Å². The number of carboxylic acids is 1. The summed E-state index contributed by atoms with van der Waals surface area (Å²) in [5.41, 5.74) is -0.0451. The van der Waals surface area contributed by atoms with E-state index in [0.29, 0.717) is 4.47 Å². The zero-order valence-electron chi connectivity index (χ0n) is 8.34. The van der Waals surface area contributed by atoms with Crippen LogP contribution in [0.2, 0.25) is 0 Å². The quantitative estimate of drug-likeness (QED) is 0.891. The van der Waals surface area contributed by atoms with Gasteiger partial charge in [-0.2, -0.15) is 0 Å². The van der Waals surface area contributed by atoms with Crippen LogP contribution >= 0.6 is 15.9 Å². The molecule has 15 heavy (non-hydrogen) atoms. The Bertz CT molecular complexity index is 393. The second-order valence-corrected chi connectivity index (χ2v) is 4.33. The maximum Gasteiger partial charge on any atom is 0.340 e. The van der Waals surface area contributed by atoms with Crippen LogP contribution in [0.25, 0.3) is 0 Å². The zero-order valence-corrected chi connectivity index (χ0v) is 9.93. The first-order chi connectivity index (χ1) is 6.91. The molecule has 1 aromatic carbocycles. The predicted molar refractivity (Wildman–Crippen MR) is 59.8 cm³/mol. The molecule has 0 radical (unpaired) electrons. The van der Waals surface area contributed by atoms with E-state index in [9.17, 15) is 9.18 Å². The van der Waals surface area contributed by atoms with E-state index in [-0.39, 0.29) is 17.3 Å². The minimum atomic E-state index is -1.27. The lowest BCUT2D eigenvalue weighted by Gasteiger charge is -2.13. The molecule has 1 rings (SSSR count). The van der Waals surface area contributed by atoms with Crippen molar-refractivity contribution in [3.05, 3.63) is 28.0 Å². The first-order valence-corrected chi connectivity index (χ1v) is 5.20. The molecule has 2 N–H and O–H groups in total. The van der Waals surface area contributed by atoms with Crippen LogP contribution in [-0.2, 0) is 0 Å². The van der Waals surface area contributed by atoms with Gasteiger partial charge in [0.15, 0.2) is 0 Å². The van der Waals surface area contributed by atoms with Gasteiger partial charge in [-0.1, -0.05) is 15.9 Å². The molecule has 0 unspecified atom stereocenters. The number of hydrogen-bond acceptors (Lipinski definition) is 2. The number of aromatic carboxylic acids is 1. The number of carboxylic acid groups (broad SMARTS) is 1. The second-order valence-electron chi connectivity index (χ2n) is 3.41. The monoisotopic (exact) mass is 275 g/mol. The van der Waals surface area contributed by atoms with E-state index in [1.807, 2.05) is 13.8 Å². The number of carbonyl (C=O) groups is 1. The van der Waals surface area contributed by atoms with Gasteiger partial charge in [0.2, 0.25) is 0 Å². The Kier molecular flexibility index (Phi) is 3.68. The van der Waals surface area contributed by atoms with Gasteiger partial charge in [-0.15, -0.1) is 0 Å². The Morgan fingerprint density at radius 3 is 2.60 bits per heavy atom. The number of hydrogen-bond donors (Lipinski definition) is 2. The molecule has 0 atom stereocenters. The zero-order chi connectivity index (χ0) is 11.6. The summed E-state index contributed by atoms with van der Waals surface area (Å²) in [5.74, 6) is -2.02. The fourth-order valence-corrected chi connectivity index (χ4v) is 1.65. The molecule has 0 fully saturated rings. The topological polar surface area (TPSA) is 49.3 Å². The summed E-state index contributed by atoms with van der Waals surface area (Å²) in [6.07, 6.45) is 0. The summed E-state index contributed by atoms with van der Waals surface area (Å²) in [4.78, 5) is 10.8. The van der Waals surface area contributed by atoms with Gasteiger partial charge in [0.05, 0.1) is 5.69 Å². The molecule has 0 saturated carbocycles. The maximum atomic E-state index is 13.4. The lowest BCUT2D eigenvalue weighted by atomic mass is 10.1.